The molecule has 2 heterocycles. The predicted molar refractivity (Wildman–Crippen MR) is 82.8 cm³/mol. The highest BCUT2D eigenvalue weighted by molar-refractivity contribution is 7.22. The van der Waals surface area contributed by atoms with E-state index in [-0.39, 0.29) is 5.91 Å². The number of anilines is 2. The van der Waals surface area contributed by atoms with Crippen molar-refractivity contribution in [2.75, 3.05) is 18.2 Å². The third-order valence-corrected chi connectivity index (χ3v) is 3.85. The lowest BCUT2D eigenvalue weighted by atomic mass is 10.2. The quantitative estimate of drug-likeness (QED) is 0.775. The minimum absolute atomic E-state index is 0.327. The molecular weight excluding hydrogens is 288 g/mol. The molecule has 0 bridgehead atoms. The summed E-state index contributed by atoms with van der Waals surface area (Å²) in [4.78, 5) is 20.4. The molecule has 0 saturated carbocycles. The second kappa shape index (κ2) is 5.37. The van der Waals surface area contributed by atoms with Crippen LogP contribution in [0.3, 0.4) is 0 Å². The zero-order chi connectivity index (χ0) is 14.8. The van der Waals surface area contributed by atoms with Gasteiger partial charge in [-0.2, -0.15) is 0 Å². The average Bonchev–Trinajstić information content (AvgIpc) is 2.88. The van der Waals surface area contributed by atoms with Crippen LogP contribution < -0.4 is 15.8 Å². The summed E-state index contributed by atoms with van der Waals surface area (Å²) >= 11 is 1.37. The van der Waals surface area contributed by atoms with Gasteiger partial charge in [-0.1, -0.05) is 11.3 Å². The van der Waals surface area contributed by atoms with Gasteiger partial charge in [0.25, 0.3) is 5.91 Å². The van der Waals surface area contributed by atoms with Gasteiger partial charge in [0.1, 0.15) is 5.75 Å². The van der Waals surface area contributed by atoms with Gasteiger partial charge >= 0.3 is 0 Å². The fourth-order valence-corrected chi connectivity index (χ4v) is 2.73. The zero-order valence-corrected chi connectivity index (χ0v) is 12.0. The van der Waals surface area contributed by atoms with Gasteiger partial charge in [-0.25, -0.2) is 4.98 Å². The zero-order valence-electron chi connectivity index (χ0n) is 11.2. The molecule has 3 N–H and O–H groups in total. The maximum Gasteiger partial charge on any atom is 0.261 e. The molecule has 0 aliphatic carbocycles. The number of nitrogens with one attached hydrogen (secondary N) is 1. The largest absolute Gasteiger partial charge is 0.497 e. The fraction of sp³-hybridized carbons (Fsp3) is 0.0714. The Labute approximate surface area is 124 Å². The SMILES string of the molecule is COc1ccc2nc(NC(=O)c3cnccc3N)sc2c1. The standard InChI is InChI=1S/C14H12N4O2S/c1-20-8-2-3-11-12(6-8)21-14(17-11)18-13(19)9-7-16-5-4-10(9)15/h2-7H,1H3,(H2,15,16)(H,17,18,19). The molecule has 0 fully saturated rings. The van der Waals surface area contributed by atoms with E-state index >= 15 is 0 Å². The van der Waals surface area contributed by atoms with Crippen molar-refractivity contribution in [3.8, 4) is 5.75 Å². The Morgan fingerprint density at radius 1 is 1.38 bits per heavy atom. The summed E-state index contributed by atoms with van der Waals surface area (Å²) in [5, 5.41) is 3.24. The number of thiazole rings is 1. The summed E-state index contributed by atoms with van der Waals surface area (Å²) in [5.41, 5.74) is 7.26. The average molecular weight is 300 g/mol. The Morgan fingerprint density at radius 3 is 3.00 bits per heavy atom. The summed E-state index contributed by atoms with van der Waals surface area (Å²) in [6.45, 7) is 0. The summed E-state index contributed by atoms with van der Waals surface area (Å²) < 4.78 is 6.10. The van der Waals surface area contributed by atoms with Gasteiger partial charge in [-0.15, -0.1) is 0 Å². The molecule has 0 aliphatic rings. The van der Waals surface area contributed by atoms with E-state index in [1.807, 2.05) is 18.2 Å². The Bertz CT molecular complexity index is 816. The van der Waals surface area contributed by atoms with Gasteiger partial charge in [-0.3, -0.25) is 15.1 Å². The molecular formula is C14H12N4O2S. The Balaban J connectivity index is 1.88. The highest BCUT2D eigenvalue weighted by Crippen LogP contribution is 2.29. The van der Waals surface area contributed by atoms with E-state index < -0.39 is 0 Å². The Hall–Kier alpha value is -2.67. The first-order chi connectivity index (χ1) is 10.2. The number of amides is 1. The van der Waals surface area contributed by atoms with Crippen LogP contribution in [0.15, 0.2) is 36.7 Å². The maximum atomic E-state index is 12.1. The van der Waals surface area contributed by atoms with Crippen LogP contribution in [0.1, 0.15) is 10.4 Å². The van der Waals surface area contributed by atoms with Crippen molar-refractivity contribution in [1.82, 2.24) is 9.97 Å². The van der Waals surface area contributed by atoms with E-state index in [1.165, 1.54) is 23.7 Å². The molecule has 6 nitrogen and oxygen atoms in total. The lowest BCUT2D eigenvalue weighted by Crippen LogP contribution is -2.14. The maximum absolute atomic E-state index is 12.1. The smallest absolute Gasteiger partial charge is 0.261 e. The Morgan fingerprint density at radius 2 is 2.24 bits per heavy atom. The second-order valence-corrected chi connectivity index (χ2v) is 5.30. The van der Waals surface area contributed by atoms with Crippen LogP contribution in [0.4, 0.5) is 10.8 Å². The number of aromatic nitrogens is 2. The number of ether oxygens (including phenoxy) is 1. The highest BCUT2D eigenvalue weighted by atomic mass is 32.1. The molecule has 2 aromatic heterocycles. The molecule has 1 aromatic carbocycles. The predicted octanol–water partition coefficient (Wildman–Crippen LogP) is 2.53. The molecule has 1 amide bonds. The third kappa shape index (κ3) is 2.63. The molecule has 0 atom stereocenters. The minimum atomic E-state index is -0.327. The molecule has 3 rings (SSSR count). The number of rotatable bonds is 3. The molecule has 0 aliphatic heterocycles. The lowest BCUT2D eigenvalue weighted by molar-refractivity contribution is 0.102. The number of pyridine rings is 1. The van der Waals surface area contributed by atoms with Gasteiger partial charge in [-0.05, 0) is 24.3 Å². The van der Waals surface area contributed by atoms with E-state index in [9.17, 15) is 4.79 Å². The van der Waals surface area contributed by atoms with Crippen molar-refractivity contribution >= 4 is 38.3 Å². The molecule has 7 heteroatoms. The highest BCUT2D eigenvalue weighted by Gasteiger charge is 2.12. The first-order valence-electron chi connectivity index (χ1n) is 6.13. The van der Waals surface area contributed by atoms with Crippen LogP contribution in [0.2, 0.25) is 0 Å². The monoisotopic (exact) mass is 300 g/mol. The number of hydrogen-bond acceptors (Lipinski definition) is 6. The molecule has 0 unspecified atom stereocenters. The van der Waals surface area contributed by atoms with Crippen molar-refractivity contribution in [1.29, 1.82) is 0 Å². The van der Waals surface area contributed by atoms with Crippen LogP contribution in [0.25, 0.3) is 10.2 Å². The first-order valence-corrected chi connectivity index (χ1v) is 6.94. The number of methoxy groups -OCH3 is 1. The van der Waals surface area contributed by atoms with Crippen molar-refractivity contribution in [2.24, 2.45) is 0 Å². The van der Waals surface area contributed by atoms with Crippen LogP contribution in [0, 0.1) is 0 Å². The number of hydrogen-bond donors (Lipinski definition) is 2. The van der Waals surface area contributed by atoms with E-state index in [0.29, 0.717) is 16.4 Å². The van der Waals surface area contributed by atoms with Gasteiger partial charge in [0.15, 0.2) is 5.13 Å². The first kappa shape index (κ1) is 13.3. The number of carbonyl (C=O) groups excluding carboxylic acids is 1. The van der Waals surface area contributed by atoms with Gasteiger partial charge < -0.3 is 10.5 Å². The fourth-order valence-electron chi connectivity index (χ4n) is 1.84. The van der Waals surface area contributed by atoms with Crippen molar-refractivity contribution in [2.45, 2.75) is 0 Å². The molecule has 21 heavy (non-hydrogen) atoms. The topological polar surface area (TPSA) is 90.1 Å². The summed E-state index contributed by atoms with van der Waals surface area (Å²) in [6.07, 6.45) is 2.97. The normalized spacial score (nSPS) is 10.5. The van der Waals surface area contributed by atoms with E-state index in [4.69, 9.17) is 10.5 Å². The molecule has 0 saturated heterocycles. The van der Waals surface area contributed by atoms with E-state index in [0.717, 1.165) is 16.0 Å². The van der Waals surface area contributed by atoms with Crippen LogP contribution in [-0.4, -0.2) is 23.0 Å². The summed E-state index contributed by atoms with van der Waals surface area (Å²) in [6, 6.07) is 7.13. The molecule has 106 valence electrons. The van der Waals surface area contributed by atoms with E-state index in [2.05, 4.69) is 15.3 Å². The number of fused-ring (bicyclic) bond motifs is 1. The second-order valence-electron chi connectivity index (χ2n) is 4.27. The van der Waals surface area contributed by atoms with Crippen LogP contribution >= 0.6 is 11.3 Å². The van der Waals surface area contributed by atoms with Crippen LogP contribution in [-0.2, 0) is 0 Å². The van der Waals surface area contributed by atoms with Crippen molar-refractivity contribution < 1.29 is 9.53 Å². The summed E-state index contributed by atoms with van der Waals surface area (Å²) in [7, 11) is 1.61. The van der Waals surface area contributed by atoms with Crippen molar-refractivity contribution in [3.63, 3.8) is 0 Å². The van der Waals surface area contributed by atoms with Crippen LogP contribution in [0.5, 0.6) is 5.75 Å². The van der Waals surface area contributed by atoms with Gasteiger partial charge in [0, 0.05) is 18.1 Å². The van der Waals surface area contributed by atoms with Gasteiger partial charge in [0.2, 0.25) is 0 Å². The Kier molecular flexibility index (Phi) is 3.41. The number of nitrogens with two attached hydrogens (primary N) is 1. The number of benzene rings is 1. The number of carbonyl (C=O) groups is 1. The van der Waals surface area contributed by atoms with E-state index in [1.54, 1.807) is 13.2 Å². The molecule has 3 aromatic rings. The third-order valence-electron chi connectivity index (χ3n) is 2.92. The van der Waals surface area contributed by atoms with Crippen molar-refractivity contribution in [3.05, 3.63) is 42.2 Å². The summed E-state index contributed by atoms with van der Waals surface area (Å²) in [5.74, 6) is 0.423. The molecule has 0 radical (unpaired) electrons. The van der Waals surface area contributed by atoms with Gasteiger partial charge in [0.05, 0.1) is 22.9 Å². The molecule has 0 spiro atoms. The lowest BCUT2D eigenvalue weighted by Gasteiger charge is -2.03. The number of nitrogen functional groups attached to an aromatic ring is 1. The number of nitrogens with zero attached hydrogens (tertiary/aromatic N) is 2. The minimum Gasteiger partial charge on any atom is -0.497 e.